The predicted molar refractivity (Wildman–Crippen MR) is 105 cm³/mol. The molecule has 0 bridgehead atoms. The second-order valence-corrected chi connectivity index (χ2v) is 6.57. The van der Waals surface area contributed by atoms with Crippen LogP contribution in [0, 0.1) is 5.82 Å². The zero-order chi connectivity index (χ0) is 21.5. The van der Waals surface area contributed by atoms with Gasteiger partial charge in [-0.05, 0) is 17.5 Å². The number of ether oxygens (including phenoxy) is 3. The molecule has 1 aliphatic rings. The second kappa shape index (κ2) is 7.20. The number of anilines is 1. The second-order valence-electron chi connectivity index (χ2n) is 6.57. The molecule has 0 fully saturated rings. The van der Waals surface area contributed by atoms with Crippen molar-refractivity contribution in [3.63, 3.8) is 0 Å². The van der Waals surface area contributed by atoms with Crippen LogP contribution in [0.15, 0.2) is 48.6 Å². The normalized spacial score (nSPS) is 19.8. The number of esters is 2. The molecule has 1 unspecified atom stereocenters. The van der Waals surface area contributed by atoms with Gasteiger partial charge in [0.15, 0.2) is 11.4 Å². The Hall–Kier alpha value is -3.85. The van der Waals surface area contributed by atoms with Gasteiger partial charge in [-0.2, -0.15) is 0 Å². The Labute approximate surface area is 170 Å². The molecule has 8 nitrogen and oxygen atoms in total. The monoisotopic (exact) mass is 409 g/mol. The summed E-state index contributed by atoms with van der Waals surface area (Å²) in [6, 6.07) is 9.51. The van der Waals surface area contributed by atoms with E-state index in [0.717, 1.165) is 12.2 Å². The number of halogens is 1. The summed E-state index contributed by atoms with van der Waals surface area (Å²) in [4.78, 5) is 32.7. The molecule has 2 N–H and O–H groups in total. The molecule has 0 spiro atoms. The number of nitrogens with zero attached hydrogens (tertiary/aromatic N) is 2. The predicted octanol–water partition coefficient (Wildman–Crippen LogP) is 2.86. The molecule has 1 atom stereocenters. The van der Waals surface area contributed by atoms with Gasteiger partial charge in [0.05, 0.1) is 0 Å². The number of carbonyl (C=O) groups excluding carboxylic acids is 2. The van der Waals surface area contributed by atoms with Crippen molar-refractivity contribution in [2.75, 3.05) is 12.8 Å². The topological polar surface area (TPSA) is 114 Å². The molecule has 0 amide bonds. The highest BCUT2D eigenvalue weighted by Crippen LogP contribution is 2.42. The fourth-order valence-electron chi connectivity index (χ4n) is 3.21. The van der Waals surface area contributed by atoms with E-state index in [1.165, 1.54) is 26.2 Å². The summed E-state index contributed by atoms with van der Waals surface area (Å²) in [5, 5.41) is 0.858. The zero-order valence-corrected chi connectivity index (χ0v) is 16.0. The van der Waals surface area contributed by atoms with Gasteiger partial charge in [-0.25, -0.2) is 23.9 Å². The highest BCUT2D eigenvalue weighted by Gasteiger charge is 2.39. The van der Waals surface area contributed by atoms with Gasteiger partial charge in [0, 0.05) is 37.1 Å². The minimum absolute atomic E-state index is 0.0636. The first-order valence-corrected chi connectivity index (χ1v) is 8.86. The molecule has 3 aromatic rings. The molecule has 1 aliphatic heterocycles. The van der Waals surface area contributed by atoms with Crippen molar-refractivity contribution < 1.29 is 28.2 Å². The number of nitrogen functional groups attached to an aromatic ring is 1. The average Bonchev–Trinajstić information content (AvgIpc) is 2.77. The molecule has 0 aliphatic carbocycles. The summed E-state index contributed by atoms with van der Waals surface area (Å²) in [7, 11) is 1.30. The third-order valence-corrected chi connectivity index (χ3v) is 4.68. The lowest BCUT2D eigenvalue weighted by Gasteiger charge is -2.28. The van der Waals surface area contributed by atoms with E-state index >= 15 is 0 Å². The molecular formula is C21H16FN3O5. The largest absolute Gasteiger partial charge is 0.424 e. The van der Waals surface area contributed by atoms with Crippen molar-refractivity contribution in [1.29, 1.82) is 0 Å². The van der Waals surface area contributed by atoms with E-state index in [2.05, 4.69) is 9.97 Å². The van der Waals surface area contributed by atoms with Crippen molar-refractivity contribution in [3.8, 4) is 17.0 Å². The van der Waals surface area contributed by atoms with E-state index in [4.69, 9.17) is 19.9 Å². The van der Waals surface area contributed by atoms with E-state index < -0.39 is 23.5 Å². The number of benzene rings is 2. The Bertz CT molecular complexity index is 1230. The van der Waals surface area contributed by atoms with Crippen LogP contribution >= 0.6 is 0 Å². The maximum atomic E-state index is 14.3. The molecule has 30 heavy (non-hydrogen) atoms. The molecule has 0 saturated heterocycles. The van der Waals surface area contributed by atoms with Crippen LogP contribution in [0.5, 0.6) is 5.75 Å². The van der Waals surface area contributed by atoms with E-state index in [-0.39, 0.29) is 23.1 Å². The SMILES string of the molecule is COC1(C)OC(=O)/C=C\C(=O)Oc2c(-c3ccc(F)c4ccccc34)nc(N)nc21. The van der Waals surface area contributed by atoms with E-state index in [0.29, 0.717) is 16.3 Å². The van der Waals surface area contributed by atoms with Crippen molar-refractivity contribution in [2.24, 2.45) is 0 Å². The van der Waals surface area contributed by atoms with Crippen molar-refractivity contribution in [1.82, 2.24) is 9.97 Å². The van der Waals surface area contributed by atoms with Gasteiger partial charge in [-0.15, -0.1) is 0 Å². The first-order valence-electron chi connectivity index (χ1n) is 8.86. The first-order chi connectivity index (χ1) is 14.3. The maximum Gasteiger partial charge on any atom is 0.336 e. The van der Waals surface area contributed by atoms with Crippen LogP contribution in [0.1, 0.15) is 12.6 Å². The molecule has 2 aromatic carbocycles. The molecule has 152 valence electrons. The van der Waals surface area contributed by atoms with Gasteiger partial charge in [-0.3, -0.25) is 0 Å². The molecule has 9 heteroatoms. The van der Waals surface area contributed by atoms with Gasteiger partial charge in [-0.1, -0.05) is 24.3 Å². The number of carbonyl (C=O) groups is 2. The van der Waals surface area contributed by atoms with Crippen LogP contribution < -0.4 is 10.5 Å². The third kappa shape index (κ3) is 3.25. The van der Waals surface area contributed by atoms with Crippen molar-refractivity contribution in [3.05, 3.63) is 60.1 Å². The first kappa shape index (κ1) is 19.5. The average molecular weight is 409 g/mol. The summed E-state index contributed by atoms with van der Waals surface area (Å²) in [6.45, 7) is 1.43. The Morgan fingerprint density at radius 2 is 1.73 bits per heavy atom. The molecule has 1 aromatic heterocycles. The fraction of sp³-hybridized carbons (Fsp3) is 0.143. The Morgan fingerprint density at radius 1 is 1.03 bits per heavy atom. The summed E-state index contributed by atoms with van der Waals surface area (Å²) < 4.78 is 30.5. The summed E-state index contributed by atoms with van der Waals surface area (Å²) >= 11 is 0. The quantitative estimate of drug-likeness (QED) is 0.643. The van der Waals surface area contributed by atoms with E-state index in [1.807, 2.05) is 0 Å². The van der Waals surface area contributed by atoms with Gasteiger partial charge in [0.25, 0.3) is 5.79 Å². The molecule has 0 radical (unpaired) electrons. The minimum Gasteiger partial charge on any atom is -0.424 e. The number of fused-ring (bicyclic) bond motifs is 2. The van der Waals surface area contributed by atoms with Crippen LogP contribution in [0.3, 0.4) is 0 Å². The van der Waals surface area contributed by atoms with Crippen molar-refractivity contribution in [2.45, 2.75) is 12.7 Å². The lowest BCUT2D eigenvalue weighted by molar-refractivity contribution is -0.216. The standard InChI is InChI=1S/C21H16FN3O5/c1-21(28-2)19-18(29-15(26)9-10-16(27)30-21)17(24-20(23)25-19)13-7-8-14(22)12-6-4-3-5-11(12)13/h3-10H,1-2H3,(H2,23,24,25)/b10-9-. The number of cyclic esters (lactones) is 1. The number of aromatic nitrogens is 2. The zero-order valence-electron chi connectivity index (χ0n) is 16.0. The van der Waals surface area contributed by atoms with Gasteiger partial charge in [0.2, 0.25) is 5.95 Å². The Balaban J connectivity index is 2.08. The lowest BCUT2D eigenvalue weighted by atomic mass is 9.99. The molecule has 0 saturated carbocycles. The summed E-state index contributed by atoms with van der Waals surface area (Å²) in [5.41, 5.74) is 6.42. The van der Waals surface area contributed by atoms with Crippen molar-refractivity contribution >= 4 is 28.7 Å². The molecular weight excluding hydrogens is 393 g/mol. The molecule has 4 rings (SSSR count). The van der Waals surface area contributed by atoms with Crippen LogP contribution in [-0.4, -0.2) is 29.0 Å². The van der Waals surface area contributed by atoms with Gasteiger partial charge < -0.3 is 19.9 Å². The number of rotatable bonds is 2. The van der Waals surface area contributed by atoms with Gasteiger partial charge in [0.1, 0.15) is 11.5 Å². The summed E-state index contributed by atoms with van der Waals surface area (Å²) in [5.74, 6) is -4.14. The Morgan fingerprint density at radius 3 is 2.47 bits per heavy atom. The lowest BCUT2D eigenvalue weighted by Crippen LogP contribution is -2.32. The highest BCUT2D eigenvalue weighted by atomic mass is 19.1. The minimum atomic E-state index is -1.73. The van der Waals surface area contributed by atoms with Crippen LogP contribution in [-0.2, 0) is 24.8 Å². The fourth-order valence-corrected chi connectivity index (χ4v) is 3.21. The highest BCUT2D eigenvalue weighted by molar-refractivity contribution is 5.99. The van der Waals surface area contributed by atoms with Crippen LogP contribution in [0.25, 0.3) is 22.0 Å². The number of hydrogen-bond donors (Lipinski definition) is 1. The van der Waals surface area contributed by atoms with E-state index in [1.54, 1.807) is 24.3 Å². The number of methoxy groups -OCH3 is 1. The van der Waals surface area contributed by atoms with E-state index in [9.17, 15) is 14.0 Å². The maximum absolute atomic E-state index is 14.3. The van der Waals surface area contributed by atoms with Crippen LogP contribution in [0.4, 0.5) is 10.3 Å². The Kier molecular flexibility index (Phi) is 4.67. The summed E-state index contributed by atoms with van der Waals surface area (Å²) in [6.07, 6.45) is 1.83. The van der Waals surface area contributed by atoms with Gasteiger partial charge >= 0.3 is 11.9 Å². The van der Waals surface area contributed by atoms with Crippen LogP contribution in [0.2, 0.25) is 0 Å². The third-order valence-electron chi connectivity index (χ3n) is 4.68. The number of nitrogens with two attached hydrogens (primary N) is 1. The molecule has 2 heterocycles. The number of hydrogen-bond acceptors (Lipinski definition) is 8. The smallest absolute Gasteiger partial charge is 0.336 e.